The minimum Gasteiger partial charge on any atom is -0.325 e. The molecule has 138 valence electrons. The molecule has 0 spiro atoms. The molecule has 0 aliphatic carbocycles. The van der Waals surface area contributed by atoms with Crippen LogP contribution in [-0.4, -0.2) is 28.1 Å². The molecular weight excluding hydrogens is 388 g/mol. The Morgan fingerprint density at radius 2 is 1.81 bits per heavy atom. The lowest BCUT2D eigenvalue weighted by molar-refractivity contribution is -0.123. The third-order valence-electron chi connectivity index (χ3n) is 3.57. The van der Waals surface area contributed by atoms with Gasteiger partial charge >= 0.3 is 0 Å². The summed E-state index contributed by atoms with van der Waals surface area (Å²) in [5.74, 6) is -1.11. The van der Waals surface area contributed by atoms with Crippen molar-refractivity contribution < 1.29 is 14.4 Å². The largest absolute Gasteiger partial charge is 0.325 e. The summed E-state index contributed by atoms with van der Waals surface area (Å²) in [5, 5.41) is 9.22. The van der Waals surface area contributed by atoms with E-state index in [2.05, 4.69) is 21.2 Å². The summed E-state index contributed by atoms with van der Waals surface area (Å²) in [5.41, 5.74) is 3.37. The van der Waals surface area contributed by atoms with Gasteiger partial charge in [-0.2, -0.15) is 0 Å². The zero-order valence-electron chi connectivity index (χ0n) is 13.9. The van der Waals surface area contributed by atoms with Crippen molar-refractivity contribution in [1.29, 1.82) is 0 Å². The van der Waals surface area contributed by atoms with Crippen LogP contribution in [0, 0.1) is 0 Å². The lowest BCUT2D eigenvalue weighted by atomic mass is 10.2. The summed E-state index contributed by atoms with van der Waals surface area (Å²) in [6, 6.07) is 15.2. The molecule has 3 N–H and O–H groups in total. The molecule has 1 aliphatic heterocycles. The van der Waals surface area contributed by atoms with E-state index in [0.29, 0.717) is 16.3 Å². The predicted molar refractivity (Wildman–Crippen MR) is 106 cm³/mol. The van der Waals surface area contributed by atoms with Gasteiger partial charge in [-0.1, -0.05) is 41.6 Å². The van der Waals surface area contributed by atoms with Crippen molar-refractivity contribution in [2.75, 3.05) is 5.32 Å². The number of benzene rings is 2. The van der Waals surface area contributed by atoms with Crippen LogP contribution in [-0.2, 0) is 9.59 Å². The van der Waals surface area contributed by atoms with Gasteiger partial charge in [0, 0.05) is 22.7 Å². The number of amidine groups is 1. The van der Waals surface area contributed by atoms with E-state index < -0.39 is 11.2 Å². The van der Waals surface area contributed by atoms with Gasteiger partial charge in [-0.3, -0.25) is 14.4 Å². The molecule has 1 aliphatic rings. The first-order valence-electron chi connectivity index (χ1n) is 7.97. The molecule has 3 amide bonds. The van der Waals surface area contributed by atoms with E-state index >= 15 is 0 Å². The first-order chi connectivity index (χ1) is 13.0. The number of amides is 3. The van der Waals surface area contributed by atoms with Gasteiger partial charge < -0.3 is 10.6 Å². The number of thioether (sulfide) groups is 1. The van der Waals surface area contributed by atoms with Crippen molar-refractivity contribution >= 4 is 51.9 Å². The molecule has 1 fully saturated rings. The highest BCUT2D eigenvalue weighted by Crippen LogP contribution is 2.22. The number of carbonyl (C=O) groups excluding carboxylic acids is 3. The van der Waals surface area contributed by atoms with Crippen LogP contribution < -0.4 is 16.1 Å². The molecule has 1 heterocycles. The second kappa shape index (κ2) is 8.70. The summed E-state index contributed by atoms with van der Waals surface area (Å²) < 4.78 is 0. The maximum absolute atomic E-state index is 12.4. The van der Waals surface area contributed by atoms with Gasteiger partial charge in [0.05, 0.1) is 0 Å². The molecule has 1 atom stereocenters. The molecule has 0 aromatic heterocycles. The van der Waals surface area contributed by atoms with Crippen molar-refractivity contribution in [3.05, 3.63) is 65.2 Å². The van der Waals surface area contributed by atoms with E-state index in [1.807, 2.05) is 6.07 Å². The maximum atomic E-state index is 12.4. The van der Waals surface area contributed by atoms with E-state index in [4.69, 9.17) is 11.6 Å². The molecule has 0 radical (unpaired) electrons. The highest BCUT2D eigenvalue weighted by Gasteiger charge is 2.30. The molecular formula is C18H15ClN4O3S. The van der Waals surface area contributed by atoms with E-state index in [9.17, 15) is 14.4 Å². The Kier molecular flexibility index (Phi) is 6.10. The molecule has 2 aromatic carbocycles. The lowest BCUT2D eigenvalue weighted by Crippen LogP contribution is -2.42. The Labute approximate surface area is 164 Å². The molecule has 1 saturated heterocycles. The number of rotatable bonds is 4. The second-order valence-corrected chi connectivity index (χ2v) is 7.21. The Bertz CT molecular complexity index is 887. The number of nitrogens with zero attached hydrogens (tertiary/aromatic N) is 1. The first kappa shape index (κ1) is 18.9. The van der Waals surface area contributed by atoms with Crippen molar-refractivity contribution in [1.82, 2.24) is 10.7 Å². The quantitative estimate of drug-likeness (QED) is 0.684. The topological polar surface area (TPSA) is 99.7 Å². The Morgan fingerprint density at radius 1 is 1.11 bits per heavy atom. The molecule has 0 bridgehead atoms. The third kappa shape index (κ3) is 5.32. The monoisotopic (exact) mass is 402 g/mol. The summed E-state index contributed by atoms with van der Waals surface area (Å²) in [4.78, 5) is 36.3. The molecule has 27 heavy (non-hydrogen) atoms. The molecule has 7 nitrogen and oxygen atoms in total. The molecule has 2 aromatic rings. The van der Waals surface area contributed by atoms with Crippen LogP contribution in [0.4, 0.5) is 5.69 Å². The average Bonchev–Trinajstić information content (AvgIpc) is 2.67. The summed E-state index contributed by atoms with van der Waals surface area (Å²) in [7, 11) is 0. The zero-order chi connectivity index (χ0) is 19.2. The SMILES string of the molecule is O=C1CC(C(=O)Nc2ccccc2)S/C(=N/NC(=O)c2ccc(Cl)cc2)N1. The van der Waals surface area contributed by atoms with Gasteiger partial charge in [0.1, 0.15) is 5.25 Å². The number of halogens is 1. The Hall–Kier alpha value is -2.84. The Morgan fingerprint density at radius 3 is 2.52 bits per heavy atom. The molecule has 3 rings (SSSR count). The highest BCUT2D eigenvalue weighted by molar-refractivity contribution is 8.15. The summed E-state index contributed by atoms with van der Waals surface area (Å²) in [6.45, 7) is 0. The first-order valence-corrected chi connectivity index (χ1v) is 9.23. The second-order valence-electron chi connectivity index (χ2n) is 5.58. The van der Waals surface area contributed by atoms with Gasteiger partial charge in [0.25, 0.3) is 5.91 Å². The Balaban J connectivity index is 1.63. The molecule has 9 heteroatoms. The van der Waals surface area contributed by atoms with Crippen LogP contribution in [0.25, 0.3) is 0 Å². The average molecular weight is 403 g/mol. The lowest BCUT2D eigenvalue weighted by Gasteiger charge is -2.22. The van der Waals surface area contributed by atoms with Crippen LogP contribution in [0.5, 0.6) is 0 Å². The van der Waals surface area contributed by atoms with E-state index in [-0.39, 0.29) is 23.4 Å². The smallest absolute Gasteiger partial charge is 0.271 e. The predicted octanol–water partition coefficient (Wildman–Crippen LogP) is 2.60. The minimum atomic E-state index is -0.648. The number of nitrogens with one attached hydrogen (secondary N) is 3. The van der Waals surface area contributed by atoms with Crippen LogP contribution in [0.2, 0.25) is 5.02 Å². The minimum absolute atomic E-state index is 0.0213. The van der Waals surface area contributed by atoms with Crippen LogP contribution in [0.1, 0.15) is 16.8 Å². The number of hydrogen-bond acceptors (Lipinski definition) is 5. The van der Waals surface area contributed by atoms with Gasteiger partial charge in [-0.15, -0.1) is 5.10 Å². The van der Waals surface area contributed by atoms with E-state index in [1.165, 1.54) is 0 Å². The third-order valence-corrected chi connectivity index (χ3v) is 4.90. The normalized spacial score (nSPS) is 17.9. The fraction of sp³-hybridized carbons (Fsp3) is 0.111. The molecule has 1 unspecified atom stereocenters. The summed E-state index contributed by atoms with van der Waals surface area (Å²) >= 11 is 6.86. The van der Waals surface area contributed by atoms with Gasteiger partial charge in [-0.05, 0) is 36.4 Å². The van der Waals surface area contributed by atoms with Crippen molar-refractivity contribution in [2.45, 2.75) is 11.7 Å². The zero-order valence-corrected chi connectivity index (χ0v) is 15.5. The number of hydrazone groups is 1. The number of hydrogen-bond donors (Lipinski definition) is 3. The summed E-state index contributed by atoms with van der Waals surface area (Å²) in [6.07, 6.45) is 0.0213. The fourth-order valence-electron chi connectivity index (χ4n) is 2.26. The van der Waals surface area contributed by atoms with Crippen molar-refractivity contribution in [3.63, 3.8) is 0 Å². The number of carbonyl (C=O) groups is 3. The van der Waals surface area contributed by atoms with Crippen molar-refractivity contribution in [3.8, 4) is 0 Å². The van der Waals surface area contributed by atoms with Crippen LogP contribution in [0.3, 0.4) is 0 Å². The number of anilines is 1. The standard InChI is InChI=1S/C18H15ClN4O3S/c19-12-8-6-11(7-9-12)16(25)22-23-18-21-15(24)10-14(27-18)17(26)20-13-4-2-1-3-5-13/h1-9,14H,10H2,(H,20,26)(H,22,25)(H,21,23,24). The highest BCUT2D eigenvalue weighted by atomic mass is 35.5. The fourth-order valence-corrected chi connectivity index (χ4v) is 3.32. The van der Waals surface area contributed by atoms with Gasteiger partial charge in [0.2, 0.25) is 11.8 Å². The van der Waals surface area contributed by atoms with Gasteiger partial charge in [-0.25, -0.2) is 5.43 Å². The van der Waals surface area contributed by atoms with Crippen LogP contribution >= 0.6 is 23.4 Å². The number of para-hydroxylation sites is 1. The maximum Gasteiger partial charge on any atom is 0.271 e. The van der Waals surface area contributed by atoms with Crippen LogP contribution in [0.15, 0.2) is 59.7 Å². The van der Waals surface area contributed by atoms with E-state index in [1.54, 1.807) is 48.5 Å². The van der Waals surface area contributed by atoms with Gasteiger partial charge in [0.15, 0.2) is 5.17 Å². The van der Waals surface area contributed by atoms with Crippen molar-refractivity contribution in [2.24, 2.45) is 5.10 Å². The van der Waals surface area contributed by atoms with E-state index in [0.717, 1.165) is 11.8 Å². The molecule has 0 saturated carbocycles.